The molecule has 1 aliphatic heterocycles. The maximum atomic E-state index is 11.5. The molecular formula is C15H17N3O2S. The first-order chi connectivity index (χ1) is 10.1. The Kier molecular flexibility index (Phi) is 3.63. The lowest BCUT2D eigenvalue weighted by Gasteiger charge is -2.32. The van der Waals surface area contributed by atoms with Crippen LogP contribution in [0.3, 0.4) is 0 Å². The summed E-state index contributed by atoms with van der Waals surface area (Å²) in [5, 5.41) is 10.3. The summed E-state index contributed by atoms with van der Waals surface area (Å²) in [6.07, 6.45) is 0. The van der Waals surface area contributed by atoms with Gasteiger partial charge in [0.05, 0.1) is 5.92 Å². The number of rotatable bonds is 3. The molecule has 21 heavy (non-hydrogen) atoms. The van der Waals surface area contributed by atoms with E-state index in [9.17, 15) is 9.90 Å². The standard InChI is InChI=1S/C15H17N3O2S/c1-9(2)13-16-15(21-17-13)18-7-10-5-3-4-6-11(10)12(8-18)14(19)20/h3-6,9,12H,7-8H2,1-2H3,(H,19,20). The van der Waals surface area contributed by atoms with Crippen LogP contribution in [0.1, 0.15) is 42.6 Å². The van der Waals surface area contributed by atoms with Crippen LogP contribution < -0.4 is 4.90 Å². The molecule has 110 valence electrons. The molecule has 0 radical (unpaired) electrons. The monoisotopic (exact) mass is 303 g/mol. The summed E-state index contributed by atoms with van der Waals surface area (Å²) in [5.41, 5.74) is 1.97. The van der Waals surface area contributed by atoms with Crippen LogP contribution in [0.25, 0.3) is 0 Å². The van der Waals surface area contributed by atoms with Crippen LogP contribution in [0.5, 0.6) is 0 Å². The van der Waals surface area contributed by atoms with E-state index in [0.29, 0.717) is 13.1 Å². The zero-order valence-corrected chi connectivity index (χ0v) is 12.8. The van der Waals surface area contributed by atoms with Gasteiger partial charge in [-0.2, -0.15) is 4.37 Å². The molecule has 0 bridgehead atoms. The third kappa shape index (κ3) is 2.63. The van der Waals surface area contributed by atoms with E-state index in [-0.39, 0.29) is 5.92 Å². The van der Waals surface area contributed by atoms with Gasteiger partial charge >= 0.3 is 5.97 Å². The van der Waals surface area contributed by atoms with Crippen LogP contribution in [0.4, 0.5) is 5.13 Å². The van der Waals surface area contributed by atoms with Crippen LogP contribution in [-0.2, 0) is 11.3 Å². The number of aliphatic carboxylic acids is 1. The van der Waals surface area contributed by atoms with Crippen molar-refractivity contribution in [3.63, 3.8) is 0 Å². The highest BCUT2D eigenvalue weighted by molar-refractivity contribution is 7.09. The summed E-state index contributed by atoms with van der Waals surface area (Å²) in [4.78, 5) is 18.1. The zero-order valence-electron chi connectivity index (χ0n) is 12.0. The quantitative estimate of drug-likeness (QED) is 0.944. The Morgan fingerprint density at radius 2 is 2.19 bits per heavy atom. The average Bonchev–Trinajstić information content (AvgIpc) is 2.96. The minimum absolute atomic E-state index is 0.280. The maximum absolute atomic E-state index is 11.5. The highest BCUT2D eigenvalue weighted by Gasteiger charge is 2.31. The molecule has 0 saturated carbocycles. The van der Waals surface area contributed by atoms with Crippen molar-refractivity contribution in [1.29, 1.82) is 0 Å². The smallest absolute Gasteiger partial charge is 0.312 e. The fourth-order valence-electron chi connectivity index (χ4n) is 2.55. The molecule has 2 heterocycles. The number of nitrogens with zero attached hydrogens (tertiary/aromatic N) is 3. The predicted octanol–water partition coefficient (Wildman–Crippen LogP) is 2.85. The summed E-state index contributed by atoms with van der Waals surface area (Å²) < 4.78 is 4.36. The van der Waals surface area contributed by atoms with Gasteiger partial charge in [-0.1, -0.05) is 38.1 Å². The lowest BCUT2D eigenvalue weighted by molar-refractivity contribution is -0.138. The van der Waals surface area contributed by atoms with Crippen molar-refractivity contribution in [2.24, 2.45) is 0 Å². The number of hydrogen-bond donors (Lipinski definition) is 1. The molecule has 5 nitrogen and oxygen atoms in total. The number of aromatic nitrogens is 2. The van der Waals surface area contributed by atoms with Crippen LogP contribution >= 0.6 is 11.5 Å². The molecule has 0 saturated heterocycles. The first kappa shape index (κ1) is 14.0. The summed E-state index contributed by atoms with van der Waals surface area (Å²) >= 11 is 1.34. The molecular weight excluding hydrogens is 286 g/mol. The van der Waals surface area contributed by atoms with E-state index in [2.05, 4.69) is 23.2 Å². The molecule has 3 rings (SSSR count). The number of anilines is 1. The van der Waals surface area contributed by atoms with E-state index < -0.39 is 11.9 Å². The molecule has 0 aliphatic carbocycles. The molecule has 1 N–H and O–H groups in total. The Hall–Kier alpha value is -1.95. The van der Waals surface area contributed by atoms with Crippen molar-refractivity contribution in [2.75, 3.05) is 11.4 Å². The average molecular weight is 303 g/mol. The van der Waals surface area contributed by atoms with Crippen LogP contribution in [0, 0.1) is 0 Å². The number of hydrogen-bond acceptors (Lipinski definition) is 5. The van der Waals surface area contributed by atoms with Crippen molar-refractivity contribution >= 4 is 22.6 Å². The van der Waals surface area contributed by atoms with Gasteiger partial charge in [-0.3, -0.25) is 4.79 Å². The van der Waals surface area contributed by atoms with E-state index in [1.807, 2.05) is 29.2 Å². The molecule has 6 heteroatoms. The highest BCUT2D eigenvalue weighted by Crippen LogP contribution is 2.32. The van der Waals surface area contributed by atoms with Crippen LogP contribution in [0.15, 0.2) is 24.3 Å². The SMILES string of the molecule is CC(C)c1nsc(N2Cc3ccccc3C(C(=O)O)C2)n1. The minimum Gasteiger partial charge on any atom is -0.481 e. The summed E-state index contributed by atoms with van der Waals surface area (Å²) in [6.45, 7) is 5.24. The van der Waals surface area contributed by atoms with E-state index in [1.165, 1.54) is 11.5 Å². The molecule has 1 aromatic carbocycles. The van der Waals surface area contributed by atoms with Gasteiger partial charge in [-0.15, -0.1) is 0 Å². The molecule has 0 spiro atoms. The number of carboxylic acid groups (broad SMARTS) is 1. The summed E-state index contributed by atoms with van der Waals surface area (Å²) in [5.74, 6) is -0.204. The van der Waals surface area contributed by atoms with Gasteiger partial charge in [0.25, 0.3) is 0 Å². The third-order valence-corrected chi connectivity index (χ3v) is 4.50. The molecule has 1 unspecified atom stereocenters. The Bertz CT molecular complexity index is 668. The Morgan fingerprint density at radius 3 is 2.86 bits per heavy atom. The fraction of sp³-hybridized carbons (Fsp3) is 0.400. The Balaban J connectivity index is 1.94. The summed E-state index contributed by atoms with van der Waals surface area (Å²) in [7, 11) is 0. The van der Waals surface area contributed by atoms with Gasteiger partial charge in [0.15, 0.2) is 0 Å². The topological polar surface area (TPSA) is 66.3 Å². The van der Waals surface area contributed by atoms with E-state index in [4.69, 9.17) is 0 Å². The van der Waals surface area contributed by atoms with Crippen molar-refractivity contribution in [3.05, 3.63) is 41.2 Å². The number of fused-ring (bicyclic) bond motifs is 1. The highest BCUT2D eigenvalue weighted by atomic mass is 32.1. The second-order valence-corrected chi connectivity index (χ2v) is 6.29. The lowest BCUT2D eigenvalue weighted by atomic mass is 9.90. The van der Waals surface area contributed by atoms with Crippen molar-refractivity contribution in [2.45, 2.75) is 32.2 Å². The second-order valence-electron chi connectivity index (χ2n) is 5.56. The van der Waals surface area contributed by atoms with Gasteiger partial charge in [-0.05, 0) is 11.1 Å². The molecule has 1 aromatic heterocycles. The molecule has 1 aliphatic rings. The van der Waals surface area contributed by atoms with Crippen LogP contribution in [0.2, 0.25) is 0 Å². The number of carboxylic acids is 1. The molecule has 1 atom stereocenters. The normalized spacial score (nSPS) is 17.9. The maximum Gasteiger partial charge on any atom is 0.312 e. The largest absolute Gasteiger partial charge is 0.481 e. The Morgan fingerprint density at radius 1 is 1.43 bits per heavy atom. The summed E-state index contributed by atoms with van der Waals surface area (Å²) in [6, 6.07) is 7.74. The Labute approximate surface area is 127 Å². The van der Waals surface area contributed by atoms with Gasteiger partial charge in [0.1, 0.15) is 5.82 Å². The first-order valence-electron chi connectivity index (χ1n) is 6.95. The second kappa shape index (κ2) is 5.44. The van der Waals surface area contributed by atoms with E-state index >= 15 is 0 Å². The zero-order chi connectivity index (χ0) is 15.0. The predicted molar refractivity (Wildman–Crippen MR) is 81.9 cm³/mol. The van der Waals surface area contributed by atoms with Crippen molar-refractivity contribution in [3.8, 4) is 0 Å². The van der Waals surface area contributed by atoms with Gasteiger partial charge in [0.2, 0.25) is 5.13 Å². The van der Waals surface area contributed by atoms with Gasteiger partial charge < -0.3 is 10.0 Å². The van der Waals surface area contributed by atoms with E-state index in [1.54, 1.807) is 0 Å². The lowest BCUT2D eigenvalue weighted by Crippen LogP contribution is -2.36. The number of benzene rings is 1. The van der Waals surface area contributed by atoms with Crippen molar-refractivity contribution in [1.82, 2.24) is 9.36 Å². The number of carbonyl (C=O) groups is 1. The molecule has 0 amide bonds. The minimum atomic E-state index is -0.791. The van der Waals surface area contributed by atoms with Crippen molar-refractivity contribution < 1.29 is 9.90 Å². The van der Waals surface area contributed by atoms with E-state index in [0.717, 1.165) is 22.1 Å². The van der Waals surface area contributed by atoms with Gasteiger partial charge in [-0.25, -0.2) is 4.98 Å². The van der Waals surface area contributed by atoms with Gasteiger partial charge in [0, 0.05) is 30.5 Å². The van der Waals surface area contributed by atoms with Crippen LogP contribution in [-0.4, -0.2) is 27.0 Å². The molecule has 2 aromatic rings. The third-order valence-electron chi connectivity index (χ3n) is 3.71. The molecule has 0 fully saturated rings. The first-order valence-corrected chi connectivity index (χ1v) is 7.72. The fourth-order valence-corrected chi connectivity index (χ4v) is 3.37.